The molecular weight excluding hydrogens is 213 g/mol. The number of hydrogen-bond acceptors (Lipinski definition) is 1. The van der Waals surface area contributed by atoms with E-state index in [9.17, 15) is 26.3 Å². The van der Waals surface area contributed by atoms with Crippen LogP contribution in [0.15, 0.2) is 0 Å². The maximum absolute atomic E-state index is 12.0. The Morgan fingerprint density at radius 3 is 1.75 bits per heavy atom. The van der Waals surface area contributed by atoms with Crippen molar-refractivity contribution in [2.75, 3.05) is 0 Å². The Kier molecular flexibility index (Phi) is 4.12. The van der Waals surface area contributed by atoms with Gasteiger partial charge in [0.05, 0.1) is 0 Å². The summed E-state index contributed by atoms with van der Waals surface area (Å²) >= 11 is 4.17. The average Bonchev–Trinajstić information content (AvgIpc) is 1.85. The molecule has 0 aliphatic rings. The fraction of sp³-hybridized carbons (Fsp3) is 1.00. The second-order valence-corrected chi connectivity index (χ2v) is 2.07. The van der Waals surface area contributed by atoms with Gasteiger partial charge in [0.15, 0.2) is 0 Å². The van der Waals surface area contributed by atoms with E-state index in [1.807, 2.05) is 0 Å². The highest BCUT2D eigenvalue weighted by Crippen LogP contribution is 2.31. The standard InChI is InChI=1S/C4H3ClF6O/c5-1(6)4(10,11)2(7)12-3(8)9/h1-3H. The van der Waals surface area contributed by atoms with Crippen LogP contribution in [0, 0.1) is 0 Å². The molecule has 0 saturated carbocycles. The lowest BCUT2D eigenvalue weighted by atomic mass is 10.4. The number of halogens is 7. The van der Waals surface area contributed by atoms with E-state index in [0.717, 1.165) is 0 Å². The van der Waals surface area contributed by atoms with Crippen molar-refractivity contribution < 1.29 is 31.1 Å². The van der Waals surface area contributed by atoms with Gasteiger partial charge in [0.25, 0.3) is 6.36 Å². The molecule has 12 heavy (non-hydrogen) atoms. The van der Waals surface area contributed by atoms with Crippen molar-refractivity contribution in [3.05, 3.63) is 0 Å². The molecule has 2 atom stereocenters. The maximum atomic E-state index is 12.0. The van der Waals surface area contributed by atoms with Crippen LogP contribution in [-0.4, -0.2) is 24.5 Å². The molecule has 0 heterocycles. The fourth-order valence-corrected chi connectivity index (χ4v) is 0.379. The van der Waals surface area contributed by atoms with E-state index in [2.05, 4.69) is 16.3 Å². The Morgan fingerprint density at radius 1 is 1.08 bits per heavy atom. The Morgan fingerprint density at radius 2 is 1.50 bits per heavy atom. The van der Waals surface area contributed by atoms with Gasteiger partial charge in [0.2, 0.25) is 5.63 Å². The summed E-state index contributed by atoms with van der Waals surface area (Å²) in [5.41, 5.74) is -3.41. The third kappa shape index (κ3) is 3.06. The summed E-state index contributed by atoms with van der Waals surface area (Å²) in [6.07, 6.45) is -3.76. The third-order valence-corrected chi connectivity index (χ3v) is 1.11. The minimum atomic E-state index is -4.78. The predicted octanol–water partition coefficient (Wildman–Crippen LogP) is 2.69. The minimum absolute atomic E-state index is 2.70. The Labute approximate surface area is 68.2 Å². The molecule has 0 radical (unpaired) electrons. The van der Waals surface area contributed by atoms with Crippen LogP contribution >= 0.6 is 11.6 Å². The van der Waals surface area contributed by atoms with E-state index >= 15 is 0 Å². The Balaban J connectivity index is 4.15. The van der Waals surface area contributed by atoms with Crippen molar-refractivity contribution >= 4 is 11.6 Å². The van der Waals surface area contributed by atoms with E-state index in [1.54, 1.807) is 0 Å². The second-order valence-electron chi connectivity index (χ2n) is 1.69. The van der Waals surface area contributed by atoms with E-state index in [4.69, 9.17) is 0 Å². The highest BCUT2D eigenvalue weighted by Gasteiger charge is 2.50. The summed E-state index contributed by atoms with van der Waals surface area (Å²) in [7, 11) is 0. The van der Waals surface area contributed by atoms with Crippen molar-refractivity contribution in [1.82, 2.24) is 0 Å². The molecule has 1 nitrogen and oxygen atoms in total. The molecule has 0 aromatic heterocycles. The summed E-state index contributed by atoms with van der Waals surface area (Å²) in [4.78, 5) is 0. The molecular formula is C4H3ClF6O. The molecule has 0 aliphatic heterocycles. The Hall–Kier alpha value is -0.170. The SMILES string of the molecule is FC(F)OC(F)C(F)(F)C(F)Cl. The smallest absolute Gasteiger partial charge is 0.282 e. The Bertz CT molecular complexity index is 140. The predicted molar refractivity (Wildman–Crippen MR) is 27.7 cm³/mol. The first kappa shape index (κ1) is 11.8. The van der Waals surface area contributed by atoms with Crippen molar-refractivity contribution in [2.24, 2.45) is 0 Å². The number of alkyl halides is 7. The highest BCUT2D eigenvalue weighted by atomic mass is 35.5. The van der Waals surface area contributed by atoms with Crippen molar-refractivity contribution in [1.29, 1.82) is 0 Å². The van der Waals surface area contributed by atoms with Gasteiger partial charge in [-0.05, 0) is 0 Å². The van der Waals surface area contributed by atoms with Crippen LogP contribution in [0.3, 0.4) is 0 Å². The van der Waals surface area contributed by atoms with Gasteiger partial charge in [-0.3, -0.25) is 4.74 Å². The zero-order valence-corrected chi connectivity index (χ0v) is 6.04. The number of ether oxygens (including phenoxy) is 1. The molecule has 2 unspecified atom stereocenters. The summed E-state index contributed by atoms with van der Waals surface area (Å²) in [6, 6.07) is 0. The lowest BCUT2D eigenvalue weighted by molar-refractivity contribution is -0.278. The molecule has 0 amide bonds. The minimum Gasteiger partial charge on any atom is -0.282 e. The molecule has 0 N–H and O–H groups in total. The zero-order chi connectivity index (χ0) is 9.94. The summed E-state index contributed by atoms with van der Waals surface area (Å²) < 4.78 is 72.4. The van der Waals surface area contributed by atoms with Crippen LogP contribution in [0.4, 0.5) is 26.3 Å². The highest BCUT2D eigenvalue weighted by molar-refractivity contribution is 6.20. The first-order valence-corrected chi connectivity index (χ1v) is 2.95. The number of hydrogen-bond donors (Lipinski definition) is 0. The lowest BCUT2D eigenvalue weighted by Gasteiger charge is -2.19. The van der Waals surface area contributed by atoms with Crippen LogP contribution in [-0.2, 0) is 4.74 Å². The molecule has 0 spiro atoms. The van der Waals surface area contributed by atoms with Crippen LogP contribution in [0.2, 0.25) is 0 Å². The van der Waals surface area contributed by atoms with Crippen molar-refractivity contribution in [3.63, 3.8) is 0 Å². The molecule has 0 saturated heterocycles. The van der Waals surface area contributed by atoms with Gasteiger partial charge in [-0.1, -0.05) is 11.6 Å². The van der Waals surface area contributed by atoms with Crippen LogP contribution < -0.4 is 0 Å². The van der Waals surface area contributed by atoms with E-state index < -0.39 is 24.5 Å². The summed E-state index contributed by atoms with van der Waals surface area (Å²) in [6.45, 7) is -3.75. The molecule has 0 aromatic carbocycles. The van der Waals surface area contributed by atoms with Gasteiger partial charge in [0.1, 0.15) is 0 Å². The topological polar surface area (TPSA) is 9.23 Å². The van der Waals surface area contributed by atoms with Crippen molar-refractivity contribution in [3.8, 4) is 0 Å². The van der Waals surface area contributed by atoms with Gasteiger partial charge in [-0.2, -0.15) is 17.6 Å². The molecule has 0 rings (SSSR count). The van der Waals surface area contributed by atoms with E-state index in [1.165, 1.54) is 0 Å². The van der Waals surface area contributed by atoms with E-state index in [0.29, 0.717) is 0 Å². The van der Waals surface area contributed by atoms with Crippen LogP contribution in [0.25, 0.3) is 0 Å². The van der Waals surface area contributed by atoms with Crippen molar-refractivity contribution in [2.45, 2.75) is 24.5 Å². The van der Waals surface area contributed by atoms with Gasteiger partial charge in [-0.15, -0.1) is 0 Å². The summed E-state index contributed by atoms with van der Waals surface area (Å²) in [5, 5.41) is 0. The maximum Gasteiger partial charge on any atom is 0.347 e. The van der Waals surface area contributed by atoms with Gasteiger partial charge < -0.3 is 0 Å². The molecule has 0 bridgehead atoms. The van der Waals surface area contributed by atoms with E-state index in [-0.39, 0.29) is 0 Å². The monoisotopic (exact) mass is 216 g/mol. The molecule has 0 aliphatic carbocycles. The van der Waals surface area contributed by atoms with Gasteiger partial charge in [0, 0.05) is 0 Å². The molecule has 74 valence electrons. The largest absolute Gasteiger partial charge is 0.347 e. The first-order chi connectivity index (χ1) is 5.28. The van der Waals surface area contributed by atoms with Crippen LogP contribution in [0.1, 0.15) is 0 Å². The molecule has 0 fully saturated rings. The summed E-state index contributed by atoms with van der Waals surface area (Å²) in [5.74, 6) is -4.78. The van der Waals surface area contributed by atoms with Gasteiger partial charge >= 0.3 is 12.5 Å². The quantitative estimate of drug-likeness (QED) is 0.519. The second kappa shape index (κ2) is 4.18. The molecule has 0 aromatic rings. The third-order valence-electron chi connectivity index (χ3n) is 0.816. The first-order valence-electron chi connectivity index (χ1n) is 2.52. The van der Waals surface area contributed by atoms with Gasteiger partial charge in [-0.25, -0.2) is 8.78 Å². The van der Waals surface area contributed by atoms with Crippen LogP contribution in [0.5, 0.6) is 0 Å². The normalized spacial score (nSPS) is 18.0. The number of rotatable bonds is 4. The lowest BCUT2D eigenvalue weighted by Crippen LogP contribution is -2.39. The average molecular weight is 217 g/mol. The fourth-order valence-electron chi connectivity index (χ4n) is 0.280. The zero-order valence-electron chi connectivity index (χ0n) is 5.29. The molecule has 8 heteroatoms.